The van der Waals surface area contributed by atoms with E-state index in [2.05, 4.69) is 20.2 Å². The monoisotopic (exact) mass is 272 g/mol. The molecule has 0 atom stereocenters. The van der Waals surface area contributed by atoms with Crippen LogP contribution in [0.15, 0.2) is 0 Å². The van der Waals surface area contributed by atoms with E-state index in [1.807, 2.05) is 6.92 Å². The van der Waals surface area contributed by atoms with Crippen molar-refractivity contribution in [3.63, 3.8) is 0 Å². The number of sulfonamides is 1. The van der Waals surface area contributed by atoms with Gasteiger partial charge in [0.05, 0.1) is 22.8 Å². The fraction of sp³-hybridized carbons (Fsp3) is 0.727. The third-order valence-electron chi connectivity index (χ3n) is 3.30. The molecule has 18 heavy (non-hydrogen) atoms. The maximum Gasteiger partial charge on any atom is 0.233 e. The smallest absolute Gasteiger partial charge is 0.233 e. The summed E-state index contributed by atoms with van der Waals surface area (Å²) in [4.78, 5) is 0. The van der Waals surface area contributed by atoms with Crippen molar-refractivity contribution in [2.24, 2.45) is 5.92 Å². The minimum atomic E-state index is -3.29. The van der Waals surface area contributed by atoms with Crippen LogP contribution in [0, 0.1) is 19.8 Å². The average Bonchev–Trinajstić information content (AvgIpc) is 2.61. The Kier molecular flexibility index (Phi) is 3.91. The van der Waals surface area contributed by atoms with Crippen LogP contribution in [0.5, 0.6) is 0 Å². The quantitative estimate of drug-likeness (QED) is 0.755. The van der Waals surface area contributed by atoms with E-state index in [1.54, 1.807) is 6.92 Å². The van der Waals surface area contributed by atoms with Gasteiger partial charge in [-0.3, -0.25) is 9.82 Å². The van der Waals surface area contributed by atoms with E-state index in [0.717, 1.165) is 31.6 Å². The Balaban J connectivity index is 2.03. The van der Waals surface area contributed by atoms with Crippen LogP contribution < -0.4 is 10.0 Å². The first-order valence-electron chi connectivity index (χ1n) is 6.21. The van der Waals surface area contributed by atoms with Crippen molar-refractivity contribution in [1.82, 2.24) is 15.5 Å². The highest BCUT2D eigenvalue weighted by atomic mass is 32.2. The second kappa shape index (κ2) is 5.27. The molecule has 1 saturated heterocycles. The lowest BCUT2D eigenvalue weighted by atomic mass is 10.0. The zero-order valence-corrected chi connectivity index (χ0v) is 11.6. The summed E-state index contributed by atoms with van der Waals surface area (Å²) >= 11 is 0. The first kappa shape index (κ1) is 13.4. The van der Waals surface area contributed by atoms with E-state index < -0.39 is 10.0 Å². The maximum atomic E-state index is 12.1. The van der Waals surface area contributed by atoms with E-state index in [-0.39, 0.29) is 11.7 Å². The second-order valence-electron chi connectivity index (χ2n) is 4.89. The summed E-state index contributed by atoms with van der Waals surface area (Å²) in [5.41, 5.74) is 2.02. The van der Waals surface area contributed by atoms with Gasteiger partial charge in [0.1, 0.15) is 0 Å². The molecule has 0 aromatic carbocycles. The largest absolute Gasteiger partial charge is 0.317 e. The number of rotatable bonds is 4. The molecule has 102 valence electrons. The summed E-state index contributed by atoms with van der Waals surface area (Å²) in [7, 11) is -3.29. The molecule has 0 unspecified atom stereocenters. The Morgan fingerprint density at radius 1 is 1.33 bits per heavy atom. The molecule has 1 fully saturated rings. The fourth-order valence-electron chi connectivity index (χ4n) is 2.26. The summed E-state index contributed by atoms with van der Waals surface area (Å²) in [5.74, 6) is 0.440. The number of aromatic nitrogens is 2. The van der Waals surface area contributed by atoms with Crippen LogP contribution in [-0.4, -0.2) is 37.5 Å². The van der Waals surface area contributed by atoms with Crippen LogP contribution in [0.1, 0.15) is 24.2 Å². The van der Waals surface area contributed by atoms with Gasteiger partial charge in [-0.15, -0.1) is 0 Å². The highest BCUT2D eigenvalue weighted by Crippen LogP contribution is 2.20. The molecule has 1 aromatic heterocycles. The number of nitrogens with one attached hydrogen (secondary N) is 3. The third-order valence-corrected chi connectivity index (χ3v) is 4.72. The summed E-state index contributed by atoms with van der Waals surface area (Å²) in [6, 6.07) is 0. The number of aryl methyl sites for hydroxylation is 2. The Labute approximate surface area is 108 Å². The van der Waals surface area contributed by atoms with Gasteiger partial charge in [0, 0.05) is 0 Å². The number of anilines is 1. The van der Waals surface area contributed by atoms with Crippen LogP contribution in [0.25, 0.3) is 0 Å². The van der Waals surface area contributed by atoms with Gasteiger partial charge in [-0.1, -0.05) is 0 Å². The molecule has 0 aliphatic carbocycles. The van der Waals surface area contributed by atoms with Crippen molar-refractivity contribution in [2.75, 3.05) is 23.6 Å². The van der Waals surface area contributed by atoms with E-state index in [9.17, 15) is 8.42 Å². The minimum absolute atomic E-state index is 0.193. The number of H-pyrrole nitrogens is 1. The molecular formula is C11H20N4O2S. The number of nitrogens with zero attached hydrogens (tertiary/aromatic N) is 1. The first-order chi connectivity index (χ1) is 8.48. The van der Waals surface area contributed by atoms with Gasteiger partial charge < -0.3 is 5.32 Å². The first-order valence-corrected chi connectivity index (χ1v) is 7.86. The van der Waals surface area contributed by atoms with Gasteiger partial charge >= 0.3 is 0 Å². The zero-order valence-electron chi connectivity index (χ0n) is 10.8. The topological polar surface area (TPSA) is 86.9 Å². The molecule has 2 heterocycles. The number of piperidine rings is 1. The van der Waals surface area contributed by atoms with Crippen molar-refractivity contribution < 1.29 is 8.42 Å². The molecule has 2 rings (SSSR count). The van der Waals surface area contributed by atoms with Crippen molar-refractivity contribution >= 4 is 15.7 Å². The van der Waals surface area contributed by atoms with Crippen molar-refractivity contribution in [3.05, 3.63) is 11.4 Å². The van der Waals surface area contributed by atoms with Crippen LogP contribution >= 0.6 is 0 Å². The lowest BCUT2D eigenvalue weighted by Crippen LogP contribution is -2.33. The summed E-state index contributed by atoms with van der Waals surface area (Å²) < 4.78 is 26.8. The van der Waals surface area contributed by atoms with E-state index in [1.165, 1.54) is 0 Å². The van der Waals surface area contributed by atoms with Crippen LogP contribution in [0.3, 0.4) is 0 Å². The van der Waals surface area contributed by atoms with Gasteiger partial charge in [-0.25, -0.2) is 8.42 Å². The molecule has 1 aliphatic heterocycles. The molecular weight excluding hydrogens is 252 g/mol. The number of hydrogen-bond donors (Lipinski definition) is 3. The molecule has 0 bridgehead atoms. The summed E-state index contributed by atoms with van der Waals surface area (Å²) in [6.45, 7) is 5.40. The highest BCUT2D eigenvalue weighted by Gasteiger charge is 2.22. The van der Waals surface area contributed by atoms with Crippen LogP contribution in [0.4, 0.5) is 5.69 Å². The maximum absolute atomic E-state index is 12.1. The highest BCUT2D eigenvalue weighted by molar-refractivity contribution is 7.92. The summed E-state index contributed by atoms with van der Waals surface area (Å²) in [5, 5.41) is 10.00. The summed E-state index contributed by atoms with van der Waals surface area (Å²) in [6.07, 6.45) is 1.84. The Bertz CT molecular complexity index is 484. The van der Waals surface area contributed by atoms with Gasteiger partial charge in [-0.2, -0.15) is 5.10 Å². The number of aromatic amines is 1. The molecule has 1 aromatic rings. The lowest BCUT2D eigenvalue weighted by molar-refractivity contribution is 0.402. The number of hydrogen-bond acceptors (Lipinski definition) is 4. The second-order valence-corrected chi connectivity index (χ2v) is 6.65. The van der Waals surface area contributed by atoms with Gasteiger partial charge in [0.2, 0.25) is 10.0 Å². The predicted molar refractivity (Wildman–Crippen MR) is 71.1 cm³/mol. The van der Waals surface area contributed by atoms with Gasteiger partial charge in [-0.05, 0) is 45.7 Å². The molecule has 0 amide bonds. The Morgan fingerprint density at radius 3 is 2.56 bits per heavy atom. The van der Waals surface area contributed by atoms with Crippen LogP contribution in [0.2, 0.25) is 0 Å². The molecule has 3 N–H and O–H groups in total. The van der Waals surface area contributed by atoms with E-state index >= 15 is 0 Å². The lowest BCUT2D eigenvalue weighted by Gasteiger charge is -2.22. The van der Waals surface area contributed by atoms with Gasteiger partial charge in [0.25, 0.3) is 0 Å². The van der Waals surface area contributed by atoms with E-state index in [0.29, 0.717) is 11.4 Å². The molecule has 0 radical (unpaired) electrons. The average molecular weight is 272 g/mol. The third kappa shape index (κ3) is 3.23. The van der Waals surface area contributed by atoms with Crippen LogP contribution in [-0.2, 0) is 10.0 Å². The molecule has 1 aliphatic rings. The standard InChI is InChI=1S/C11H20N4O2S/c1-8-11(9(2)14-13-8)15-18(16,17)7-10-3-5-12-6-4-10/h10,12,15H,3-7H2,1-2H3,(H,13,14). The van der Waals surface area contributed by atoms with Gasteiger partial charge in [0.15, 0.2) is 0 Å². The Hall–Kier alpha value is -1.08. The SMILES string of the molecule is Cc1n[nH]c(C)c1NS(=O)(=O)CC1CCNCC1. The minimum Gasteiger partial charge on any atom is -0.317 e. The predicted octanol–water partition coefficient (Wildman–Crippen LogP) is 0.768. The molecule has 0 spiro atoms. The van der Waals surface area contributed by atoms with Crippen molar-refractivity contribution in [3.8, 4) is 0 Å². The van der Waals surface area contributed by atoms with Crippen molar-refractivity contribution in [2.45, 2.75) is 26.7 Å². The molecule has 7 heteroatoms. The zero-order chi connectivity index (χ0) is 13.2. The normalized spacial score (nSPS) is 17.9. The van der Waals surface area contributed by atoms with Crippen molar-refractivity contribution in [1.29, 1.82) is 0 Å². The van der Waals surface area contributed by atoms with E-state index in [4.69, 9.17) is 0 Å². The molecule has 6 nitrogen and oxygen atoms in total. The fourth-order valence-corrected chi connectivity index (χ4v) is 3.91. The molecule has 0 saturated carbocycles. The Morgan fingerprint density at radius 2 is 2.00 bits per heavy atom.